The third-order valence-electron chi connectivity index (χ3n) is 4.66. The Bertz CT molecular complexity index is 743. The van der Waals surface area contributed by atoms with E-state index in [4.69, 9.17) is 0 Å². The molecule has 3 rings (SSSR count). The van der Waals surface area contributed by atoms with Gasteiger partial charge in [0, 0.05) is 37.3 Å². The lowest BCUT2D eigenvalue weighted by atomic mass is 10.1. The topological polar surface area (TPSA) is 40.6 Å². The standard InChI is InChI=1S/C21H24N2O2/c1-2-22(15-13-17-8-4-3-5-9-17)21(25)18-10-6-11-19(16-18)23-14-7-12-20(23)24/h3-6,8-11,16H,2,7,12-15H2,1H3. The van der Waals surface area contributed by atoms with E-state index in [2.05, 4.69) is 12.1 Å². The second-order valence-electron chi connectivity index (χ2n) is 6.32. The fourth-order valence-electron chi connectivity index (χ4n) is 3.22. The zero-order valence-corrected chi connectivity index (χ0v) is 14.6. The summed E-state index contributed by atoms with van der Waals surface area (Å²) in [4.78, 5) is 28.4. The number of hydrogen-bond acceptors (Lipinski definition) is 2. The highest BCUT2D eigenvalue weighted by atomic mass is 16.2. The summed E-state index contributed by atoms with van der Waals surface area (Å²) >= 11 is 0. The summed E-state index contributed by atoms with van der Waals surface area (Å²) in [6, 6.07) is 17.6. The van der Waals surface area contributed by atoms with Gasteiger partial charge in [-0.25, -0.2) is 0 Å². The first-order valence-electron chi connectivity index (χ1n) is 8.92. The predicted molar refractivity (Wildman–Crippen MR) is 99.8 cm³/mol. The summed E-state index contributed by atoms with van der Waals surface area (Å²) in [5, 5.41) is 0. The van der Waals surface area contributed by atoms with Gasteiger partial charge < -0.3 is 9.80 Å². The molecule has 0 spiro atoms. The highest BCUT2D eigenvalue weighted by molar-refractivity contribution is 5.99. The van der Waals surface area contributed by atoms with Crippen molar-refractivity contribution in [2.45, 2.75) is 26.2 Å². The molecule has 0 bridgehead atoms. The molecule has 0 atom stereocenters. The van der Waals surface area contributed by atoms with Crippen molar-refractivity contribution in [2.75, 3.05) is 24.5 Å². The Kier molecular flexibility index (Phi) is 5.49. The van der Waals surface area contributed by atoms with Gasteiger partial charge in [0.25, 0.3) is 5.91 Å². The number of amides is 2. The average molecular weight is 336 g/mol. The zero-order valence-electron chi connectivity index (χ0n) is 14.6. The van der Waals surface area contributed by atoms with Crippen LogP contribution in [-0.2, 0) is 11.2 Å². The van der Waals surface area contributed by atoms with E-state index in [1.165, 1.54) is 5.56 Å². The fourth-order valence-corrected chi connectivity index (χ4v) is 3.22. The molecule has 1 aliphatic rings. The average Bonchev–Trinajstić information content (AvgIpc) is 3.09. The van der Waals surface area contributed by atoms with Crippen molar-refractivity contribution < 1.29 is 9.59 Å². The largest absolute Gasteiger partial charge is 0.339 e. The van der Waals surface area contributed by atoms with Gasteiger partial charge in [0.1, 0.15) is 0 Å². The van der Waals surface area contributed by atoms with E-state index < -0.39 is 0 Å². The summed E-state index contributed by atoms with van der Waals surface area (Å²) in [5.41, 5.74) is 2.70. The molecular formula is C21H24N2O2. The van der Waals surface area contributed by atoms with Gasteiger partial charge in [0.05, 0.1) is 0 Å². The first-order chi connectivity index (χ1) is 12.2. The molecule has 1 fully saturated rings. The van der Waals surface area contributed by atoms with Crippen molar-refractivity contribution >= 4 is 17.5 Å². The Hall–Kier alpha value is -2.62. The van der Waals surface area contributed by atoms with E-state index >= 15 is 0 Å². The molecule has 1 heterocycles. The number of nitrogens with zero attached hydrogens (tertiary/aromatic N) is 2. The third kappa shape index (κ3) is 4.08. The molecule has 0 unspecified atom stereocenters. The fraction of sp³-hybridized carbons (Fsp3) is 0.333. The van der Waals surface area contributed by atoms with Crippen LogP contribution < -0.4 is 4.90 Å². The molecule has 1 aliphatic heterocycles. The second kappa shape index (κ2) is 7.97. The summed E-state index contributed by atoms with van der Waals surface area (Å²) in [6.45, 7) is 4.09. The lowest BCUT2D eigenvalue weighted by molar-refractivity contribution is -0.117. The first-order valence-corrected chi connectivity index (χ1v) is 8.92. The monoisotopic (exact) mass is 336 g/mol. The highest BCUT2D eigenvalue weighted by Crippen LogP contribution is 2.23. The van der Waals surface area contributed by atoms with E-state index in [9.17, 15) is 9.59 Å². The summed E-state index contributed by atoms with van der Waals surface area (Å²) in [5.74, 6) is 0.160. The third-order valence-corrected chi connectivity index (χ3v) is 4.66. The first kappa shape index (κ1) is 17.2. The van der Waals surface area contributed by atoms with E-state index in [0.717, 1.165) is 25.1 Å². The van der Waals surface area contributed by atoms with Crippen LogP contribution in [0.1, 0.15) is 35.7 Å². The molecule has 4 heteroatoms. The maximum Gasteiger partial charge on any atom is 0.253 e. The van der Waals surface area contributed by atoms with Gasteiger partial charge in [0.2, 0.25) is 5.91 Å². The van der Waals surface area contributed by atoms with Crippen molar-refractivity contribution in [2.24, 2.45) is 0 Å². The number of anilines is 1. The number of carbonyl (C=O) groups is 2. The maximum atomic E-state index is 12.9. The van der Waals surface area contributed by atoms with Crippen molar-refractivity contribution in [1.29, 1.82) is 0 Å². The van der Waals surface area contributed by atoms with Gasteiger partial charge in [-0.15, -0.1) is 0 Å². The molecule has 0 aromatic heterocycles. The summed E-state index contributed by atoms with van der Waals surface area (Å²) < 4.78 is 0. The molecule has 1 saturated heterocycles. The lowest BCUT2D eigenvalue weighted by Crippen LogP contribution is -2.33. The Morgan fingerprint density at radius 1 is 1.12 bits per heavy atom. The Morgan fingerprint density at radius 3 is 2.60 bits per heavy atom. The van der Waals surface area contributed by atoms with Crippen molar-refractivity contribution in [3.63, 3.8) is 0 Å². The van der Waals surface area contributed by atoms with Crippen LogP contribution in [0, 0.1) is 0 Å². The summed E-state index contributed by atoms with van der Waals surface area (Å²) in [7, 11) is 0. The number of likely N-dealkylation sites (N-methyl/N-ethyl adjacent to an activating group) is 1. The van der Waals surface area contributed by atoms with E-state index in [-0.39, 0.29) is 11.8 Å². The van der Waals surface area contributed by atoms with E-state index in [1.54, 1.807) is 4.90 Å². The van der Waals surface area contributed by atoms with Crippen LogP contribution in [0.25, 0.3) is 0 Å². The molecule has 0 aliphatic carbocycles. The SMILES string of the molecule is CCN(CCc1ccccc1)C(=O)c1cccc(N2CCCC2=O)c1. The van der Waals surface area contributed by atoms with Gasteiger partial charge in [-0.05, 0) is 43.5 Å². The van der Waals surface area contributed by atoms with Crippen LogP contribution in [0.15, 0.2) is 54.6 Å². The number of benzene rings is 2. The number of hydrogen-bond donors (Lipinski definition) is 0. The minimum atomic E-state index is 0.0203. The van der Waals surface area contributed by atoms with Crippen LogP contribution in [0.4, 0.5) is 5.69 Å². The molecule has 2 aromatic carbocycles. The highest BCUT2D eigenvalue weighted by Gasteiger charge is 2.23. The number of rotatable bonds is 6. The number of carbonyl (C=O) groups excluding carboxylic acids is 2. The van der Waals surface area contributed by atoms with Crippen LogP contribution in [0.3, 0.4) is 0 Å². The summed E-state index contributed by atoms with van der Waals surface area (Å²) in [6.07, 6.45) is 2.32. The van der Waals surface area contributed by atoms with E-state index in [1.807, 2.05) is 54.3 Å². The lowest BCUT2D eigenvalue weighted by Gasteiger charge is -2.22. The van der Waals surface area contributed by atoms with Gasteiger partial charge in [-0.3, -0.25) is 9.59 Å². The van der Waals surface area contributed by atoms with Gasteiger partial charge in [0.15, 0.2) is 0 Å². The maximum absolute atomic E-state index is 12.9. The van der Waals surface area contributed by atoms with Gasteiger partial charge >= 0.3 is 0 Å². The molecule has 0 N–H and O–H groups in total. The zero-order chi connectivity index (χ0) is 17.6. The van der Waals surface area contributed by atoms with Crippen LogP contribution >= 0.6 is 0 Å². The molecular weight excluding hydrogens is 312 g/mol. The van der Waals surface area contributed by atoms with Crippen molar-refractivity contribution in [3.05, 3.63) is 65.7 Å². The second-order valence-corrected chi connectivity index (χ2v) is 6.32. The van der Waals surface area contributed by atoms with Crippen molar-refractivity contribution in [1.82, 2.24) is 4.90 Å². The predicted octanol–water partition coefficient (Wildman–Crippen LogP) is 3.52. The molecule has 0 radical (unpaired) electrons. The van der Waals surface area contributed by atoms with Crippen LogP contribution in [0.2, 0.25) is 0 Å². The van der Waals surface area contributed by atoms with Crippen molar-refractivity contribution in [3.8, 4) is 0 Å². The Balaban J connectivity index is 1.71. The molecule has 0 saturated carbocycles. The Labute approximate surface area is 149 Å². The Morgan fingerprint density at radius 2 is 1.92 bits per heavy atom. The van der Waals surface area contributed by atoms with Gasteiger partial charge in [-0.1, -0.05) is 36.4 Å². The molecule has 25 heavy (non-hydrogen) atoms. The van der Waals surface area contributed by atoms with Crippen LogP contribution in [-0.4, -0.2) is 36.3 Å². The smallest absolute Gasteiger partial charge is 0.253 e. The minimum absolute atomic E-state index is 0.0203. The molecule has 2 aromatic rings. The molecule has 130 valence electrons. The van der Waals surface area contributed by atoms with E-state index in [0.29, 0.717) is 25.1 Å². The normalized spacial score (nSPS) is 14.0. The minimum Gasteiger partial charge on any atom is -0.339 e. The molecule has 2 amide bonds. The quantitative estimate of drug-likeness (QED) is 0.810. The molecule has 4 nitrogen and oxygen atoms in total. The van der Waals surface area contributed by atoms with Gasteiger partial charge in [-0.2, -0.15) is 0 Å². The van der Waals surface area contributed by atoms with Crippen LogP contribution in [0.5, 0.6) is 0 Å².